The molecular weight excluding hydrogens is 268 g/mol. The normalized spacial score (nSPS) is 10.9. The van der Waals surface area contributed by atoms with Crippen LogP contribution in [0.5, 0.6) is 0 Å². The van der Waals surface area contributed by atoms with Crippen molar-refractivity contribution in [1.82, 2.24) is 4.57 Å². The zero-order valence-electron chi connectivity index (χ0n) is 11.2. The van der Waals surface area contributed by atoms with Gasteiger partial charge in [-0.25, -0.2) is 0 Å². The van der Waals surface area contributed by atoms with Crippen molar-refractivity contribution >= 4 is 28.7 Å². The molecule has 0 aliphatic rings. The van der Waals surface area contributed by atoms with Crippen LogP contribution in [0.1, 0.15) is 16.7 Å². The average Bonchev–Trinajstić information content (AvgIpc) is 2.85. The van der Waals surface area contributed by atoms with Gasteiger partial charge in [0.2, 0.25) is 0 Å². The Hall–Kier alpha value is -2.06. The van der Waals surface area contributed by atoms with Crippen LogP contribution in [-0.4, -0.2) is 10.8 Å². The average molecular weight is 283 g/mol. The molecule has 3 heteroatoms. The van der Waals surface area contributed by atoms with Gasteiger partial charge in [0, 0.05) is 40.4 Å². The lowest BCUT2D eigenvalue weighted by molar-refractivity contribution is 0.830. The van der Waals surface area contributed by atoms with Crippen LogP contribution in [0.3, 0.4) is 0 Å². The Kier molecular flexibility index (Phi) is 3.33. The summed E-state index contributed by atoms with van der Waals surface area (Å²) in [6, 6.07) is 14.1. The molecule has 100 valence electrons. The van der Waals surface area contributed by atoms with Crippen molar-refractivity contribution in [1.29, 1.82) is 5.41 Å². The van der Waals surface area contributed by atoms with E-state index < -0.39 is 0 Å². The van der Waals surface area contributed by atoms with E-state index in [9.17, 15) is 0 Å². The molecule has 3 aromatic rings. The number of fused-ring (bicyclic) bond motifs is 1. The van der Waals surface area contributed by atoms with Crippen molar-refractivity contribution in [3.05, 3.63) is 70.4 Å². The second kappa shape index (κ2) is 5.14. The largest absolute Gasteiger partial charge is 0.343 e. The van der Waals surface area contributed by atoms with Crippen LogP contribution in [0.25, 0.3) is 10.9 Å². The molecule has 0 atom stereocenters. The molecule has 0 radical (unpaired) electrons. The van der Waals surface area contributed by atoms with E-state index in [1.807, 2.05) is 24.3 Å². The first kappa shape index (κ1) is 12.9. The molecule has 0 aliphatic carbocycles. The van der Waals surface area contributed by atoms with Gasteiger partial charge in [-0.15, -0.1) is 0 Å². The molecule has 20 heavy (non-hydrogen) atoms. The Morgan fingerprint density at radius 2 is 2.05 bits per heavy atom. The minimum atomic E-state index is 0.773. The molecule has 1 N–H and O–H groups in total. The maximum absolute atomic E-state index is 7.46. The summed E-state index contributed by atoms with van der Waals surface area (Å²) in [5.74, 6) is 0. The summed E-state index contributed by atoms with van der Waals surface area (Å²) in [6.45, 7) is 2.89. The maximum atomic E-state index is 7.46. The second-order valence-electron chi connectivity index (χ2n) is 4.94. The van der Waals surface area contributed by atoms with Gasteiger partial charge in [0.1, 0.15) is 0 Å². The minimum Gasteiger partial charge on any atom is -0.343 e. The fourth-order valence-electron chi connectivity index (χ4n) is 2.53. The van der Waals surface area contributed by atoms with Crippen LogP contribution in [0.2, 0.25) is 5.02 Å². The van der Waals surface area contributed by atoms with Crippen molar-refractivity contribution < 1.29 is 0 Å². The molecule has 0 unspecified atom stereocenters. The topological polar surface area (TPSA) is 28.8 Å². The van der Waals surface area contributed by atoms with E-state index in [1.165, 1.54) is 17.3 Å². The number of hydrogen-bond donors (Lipinski definition) is 1. The number of hydrogen-bond acceptors (Lipinski definition) is 1. The molecule has 3 rings (SSSR count). The Morgan fingerprint density at radius 1 is 1.20 bits per heavy atom. The van der Waals surface area contributed by atoms with Crippen LogP contribution in [0.4, 0.5) is 0 Å². The summed E-state index contributed by atoms with van der Waals surface area (Å²) in [6.07, 6.45) is 3.48. The molecule has 0 spiro atoms. The quantitative estimate of drug-likeness (QED) is 0.678. The van der Waals surface area contributed by atoms with Crippen LogP contribution < -0.4 is 0 Å². The minimum absolute atomic E-state index is 0.773. The highest BCUT2D eigenvalue weighted by atomic mass is 35.5. The highest BCUT2D eigenvalue weighted by Gasteiger charge is 2.06. The van der Waals surface area contributed by atoms with Gasteiger partial charge in [0.15, 0.2) is 0 Å². The standard InChI is InChI=1S/C17H15ClN2/c1-12-9-15(18)6-5-14(12)11-20-8-7-16-13(10-19)3-2-4-17(16)20/h2-10,19H,11H2,1H3. The van der Waals surface area contributed by atoms with Gasteiger partial charge in [0.25, 0.3) is 0 Å². The Morgan fingerprint density at radius 3 is 2.80 bits per heavy atom. The number of nitrogens with one attached hydrogen (secondary N) is 1. The van der Waals surface area contributed by atoms with Gasteiger partial charge in [0.05, 0.1) is 0 Å². The third-order valence-corrected chi connectivity index (χ3v) is 3.88. The molecule has 1 aromatic heterocycles. The molecule has 1 heterocycles. The van der Waals surface area contributed by atoms with E-state index in [1.54, 1.807) is 0 Å². The second-order valence-corrected chi connectivity index (χ2v) is 5.38. The summed E-state index contributed by atoms with van der Waals surface area (Å²) in [4.78, 5) is 0. The molecular formula is C17H15ClN2. The monoisotopic (exact) mass is 282 g/mol. The molecule has 0 saturated heterocycles. The van der Waals surface area contributed by atoms with Crippen molar-refractivity contribution in [3.8, 4) is 0 Å². The highest BCUT2D eigenvalue weighted by Crippen LogP contribution is 2.22. The van der Waals surface area contributed by atoms with Crippen LogP contribution in [-0.2, 0) is 6.54 Å². The van der Waals surface area contributed by atoms with Crippen molar-refractivity contribution in [2.45, 2.75) is 13.5 Å². The lowest BCUT2D eigenvalue weighted by Crippen LogP contribution is -2.00. The first-order valence-corrected chi connectivity index (χ1v) is 6.90. The van der Waals surface area contributed by atoms with E-state index in [2.05, 4.69) is 35.9 Å². The Bertz CT molecular complexity index is 787. The zero-order chi connectivity index (χ0) is 14.1. The van der Waals surface area contributed by atoms with Crippen molar-refractivity contribution in [2.24, 2.45) is 0 Å². The fourth-order valence-corrected chi connectivity index (χ4v) is 2.76. The molecule has 0 amide bonds. The third-order valence-electron chi connectivity index (χ3n) is 3.65. The van der Waals surface area contributed by atoms with E-state index in [4.69, 9.17) is 17.0 Å². The summed E-state index contributed by atoms with van der Waals surface area (Å²) in [5.41, 5.74) is 4.56. The molecule has 2 aromatic carbocycles. The van der Waals surface area contributed by atoms with Gasteiger partial charge in [-0.1, -0.05) is 29.8 Å². The first-order valence-electron chi connectivity index (χ1n) is 6.52. The van der Waals surface area contributed by atoms with Crippen molar-refractivity contribution in [2.75, 3.05) is 0 Å². The summed E-state index contributed by atoms with van der Waals surface area (Å²) >= 11 is 6.00. The molecule has 0 saturated carbocycles. The fraction of sp³-hybridized carbons (Fsp3) is 0.118. The van der Waals surface area contributed by atoms with E-state index >= 15 is 0 Å². The highest BCUT2D eigenvalue weighted by molar-refractivity contribution is 6.30. The van der Waals surface area contributed by atoms with E-state index in [-0.39, 0.29) is 0 Å². The lowest BCUT2D eigenvalue weighted by Gasteiger charge is -2.09. The summed E-state index contributed by atoms with van der Waals surface area (Å²) < 4.78 is 2.21. The van der Waals surface area contributed by atoms with Gasteiger partial charge < -0.3 is 9.98 Å². The van der Waals surface area contributed by atoms with Crippen LogP contribution >= 0.6 is 11.6 Å². The molecule has 2 nitrogen and oxygen atoms in total. The summed E-state index contributed by atoms with van der Waals surface area (Å²) in [7, 11) is 0. The molecule has 0 bridgehead atoms. The lowest BCUT2D eigenvalue weighted by atomic mass is 10.1. The Labute approximate surface area is 123 Å². The predicted molar refractivity (Wildman–Crippen MR) is 85.1 cm³/mol. The predicted octanol–water partition coefficient (Wildman–Crippen LogP) is 4.65. The number of aromatic nitrogens is 1. The van der Waals surface area contributed by atoms with E-state index in [0.717, 1.165) is 28.0 Å². The summed E-state index contributed by atoms with van der Waals surface area (Å²) in [5, 5.41) is 9.36. The van der Waals surface area contributed by atoms with E-state index in [0.29, 0.717) is 0 Å². The number of aryl methyl sites for hydroxylation is 1. The van der Waals surface area contributed by atoms with Gasteiger partial charge >= 0.3 is 0 Å². The molecule has 0 fully saturated rings. The SMILES string of the molecule is Cc1cc(Cl)ccc1Cn1ccc2c(C=N)cccc21. The molecule has 0 aliphatic heterocycles. The van der Waals surface area contributed by atoms with Gasteiger partial charge in [-0.2, -0.15) is 0 Å². The van der Waals surface area contributed by atoms with Crippen LogP contribution in [0, 0.1) is 12.3 Å². The van der Waals surface area contributed by atoms with Crippen molar-refractivity contribution in [3.63, 3.8) is 0 Å². The third kappa shape index (κ3) is 2.23. The number of rotatable bonds is 3. The number of nitrogens with zero attached hydrogens (tertiary/aromatic N) is 1. The Balaban J connectivity index is 2.05. The van der Waals surface area contributed by atoms with Gasteiger partial charge in [-0.05, 0) is 42.3 Å². The smallest absolute Gasteiger partial charge is 0.0490 e. The van der Waals surface area contributed by atoms with Gasteiger partial charge in [-0.3, -0.25) is 0 Å². The maximum Gasteiger partial charge on any atom is 0.0490 e. The number of benzene rings is 2. The number of halogens is 1. The van der Waals surface area contributed by atoms with Crippen LogP contribution in [0.15, 0.2) is 48.7 Å². The zero-order valence-corrected chi connectivity index (χ0v) is 12.0. The first-order chi connectivity index (χ1) is 9.69.